The van der Waals surface area contributed by atoms with Gasteiger partial charge in [0, 0.05) is 5.41 Å². The number of hydrogen-bond acceptors (Lipinski definition) is 11. The van der Waals surface area contributed by atoms with Crippen LogP contribution in [0.15, 0.2) is 53.5 Å². The lowest BCUT2D eigenvalue weighted by Crippen LogP contribution is -2.32. The summed E-state index contributed by atoms with van der Waals surface area (Å²) in [5.74, 6) is -0.535. The van der Waals surface area contributed by atoms with E-state index < -0.39 is 30.1 Å². The van der Waals surface area contributed by atoms with E-state index in [4.69, 9.17) is 46.8 Å². The molecule has 0 spiro atoms. The van der Waals surface area contributed by atoms with Gasteiger partial charge in [0.05, 0.1) is 19.0 Å². The summed E-state index contributed by atoms with van der Waals surface area (Å²) in [5.41, 5.74) is 12.2. The molecule has 2 aromatic carbocycles. The minimum atomic E-state index is -0.839. The predicted octanol–water partition coefficient (Wildman–Crippen LogP) is 1.99. The van der Waals surface area contributed by atoms with Gasteiger partial charge < -0.3 is 35.2 Å². The largest absolute Gasteiger partial charge is 0.490 e. The number of carbonyl (C=O) groups excluding carboxylic acids is 3. The van der Waals surface area contributed by atoms with E-state index in [1.165, 1.54) is 0 Å². The monoisotopic (exact) mass is 577 g/mol. The Kier molecular flexibility index (Phi) is 13.4. The van der Waals surface area contributed by atoms with Crippen LogP contribution < -0.4 is 20.9 Å². The summed E-state index contributed by atoms with van der Waals surface area (Å²) in [5, 5.41) is 0. The van der Waals surface area contributed by atoms with Gasteiger partial charge in [0.2, 0.25) is 0 Å². The Balaban J connectivity index is 2.00. The zero-order valence-corrected chi connectivity index (χ0v) is 23.4. The maximum atomic E-state index is 11.8. The van der Waals surface area contributed by atoms with E-state index in [0.29, 0.717) is 11.5 Å². The average Bonchev–Trinajstić information content (AvgIpc) is 2.96. The Morgan fingerprint density at radius 3 is 1.73 bits per heavy atom. The number of carbonyl (C=O) groups is 3. The number of esters is 3. The first-order valence-electron chi connectivity index (χ1n) is 12.5. The first kappa shape index (κ1) is 32.5. The summed E-state index contributed by atoms with van der Waals surface area (Å²) in [4.78, 5) is 38.1. The summed E-state index contributed by atoms with van der Waals surface area (Å²) in [6.45, 7) is 6.57. The van der Waals surface area contributed by atoms with Crippen LogP contribution in [0.4, 0.5) is 0 Å². The highest BCUT2D eigenvalue weighted by atomic mass is 35.5. The summed E-state index contributed by atoms with van der Waals surface area (Å²) < 4.78 is 26.9. The first-order chi connectivity index (χ1) is 19.1. The first-order valence-corrected chi connectivity index (χ1v) is 13.1. The van der Waals surface area contributed by atoms with Crippen LogP contribution in [0.2, 0.25) is 0 Å². The molecule has 0 aliphatic carbocycles. The summed E-state index contributed by atoms with van der Waals surface area (Å²) in [7, 11) is 0. The van der Waals surface area contributed by atoms with Crippen molar-refractivity contribution in [2.45, 2.75) is 31.5 Å². The van der Waals surface area contributed by atoms with Gasteiger partial charge in [0.25, 0.3) is 0 Å². The predicted molar refractivity (Wildman–Crippen MR) is 150 cm³/mol. The molecule has 0 aliphatic rings. The van der Waals surface area contributed by atoms with Crippen molar-refractivity contribution in [2.75, 3.05) is 45.3 Å². The lowest BCUT2D eigenvalue weighted by atomic mass is 9.78. The number of benzene rings is 2. The Morgan fingerprint density at radius 2 is 1.27 bits per heavy atom. The number of nitrogens with two attached hydrogens (primary N) is 2. The van der Waals surface area contributed by atoms with Crippen molar-refractivity contribution in [3.8, 4) is 11.5 Å². The van der Waals surface area contributed by atoms with Crippen molar-refractivity contribution in [2.24, 2.45) is 16.5 Å². The Hall–Kier alpha value is -3.67. The summed E-state index contributed by atoms with van der Waals surface area (Å²) in [6, 6.07) is 15.1. The smallest absolute Gasteiger partial charge is 0.328 e. The van der Waals surface area contributed by atoms with Gasteiger partial charge in [-0.05, 0) is 42.1 Å². The van der Waals surface area contributed by atoms with Crippen molar-refractivity contribution in [3.05, 3.63) is 59.7 Å². The molecule has 0 amide bonds. The van der Waals surface area contributed by atoms with E-state index in [1.54, 1.807) is 12.1 Å². The third kappa shape index (κ3) is 10.5. The zero-order valence-electron chi connectivity index (χ0n) is 22.7. The topological polar surface area (TPSA) is 162 Å². The molecule has 0 heterocycles. The molecule has 0 radical (unpaired) electrons. The molecule has 0 fully saturated rings. The van der Waals surface area contributed by atoms with Gasteiger partial charge in [-0.15, -0.1) is 11.6 Å². The summed E-state index contributed by atoms with van der Waals surface area (Å²) in [6.07, 6.45) is -1.43. The Bertz CT molecular complexity index is 1110. The Morgan fingerprint density at radius 1 is 0.800 bits per heavy atom. The average molecular weight is 578 g/mol. The molecular formula is C28H36ClN3O8. The highest BCUT2D eigenvalue weighted by Crippen LogP contribution is 2.33. The highest BCUT2D eigenvalue weighted by Gasteiger charge is 2.24. The molecule has 0 saturated carbocycles. The SMILES string of the molecule is C=NCC(=O)OC(COC(=O)CN)COc1ccc(C(C)(C)c2ccc(OCC(CCl)OC(=O)CN)cc2)cc1. The molecule has 0 aliphatic heterocycles. The highest BCUT2D eigenvalue weighted by molar-refractivity contribution is 6.18. The molecule has 12 heteroatoms. The lowest BCUT2D eigenvalue weighted by molar-refractivity contribution is -0.158. The second kappa shape index (κ2) is 16.4. The fourth-order valence-electron chi connectivity index (χ4n) is 3.50. The van der Waals surface area contributed by atoms with E-state index in [-0.39, 0.29) is 50.7 Å². The number of rotatable bonds is 17. The number of ether oxygens (including phenoxy) is 5. The van der Waals surface area contributed by atoms with Gasteiger partial charge in [0.1, 0.15) is 44.0 Å². The van der Waals surface area contributed by atoms with Crippen LogP contribution >= 0.6 is 11.6 Å². The van der Waals surface area contributed by atoms with Gasteiger partial charge in [-0.3, -0.25) is 19.4 Å². The number of nitrogens with zero attached hydrogens (tertiary/aromatic N) is 1. The number of halogens is 1. The van der Waals surface area contributed by atoms with E-state index in [1.807, 2.05) is 36.4 Å². The van der Waals surface area contributed by atoms with Crippen LogP contribution in [-0.4, -0.2) is 82.2 Å². The molecule has 11 nitrogen and oxygen atoms in total. The summed E-state index contributed by atoms with van der Waals surface area (Å²) >= 11 is 5.84. The quantitative estimate of drug-likeness (QED) is 0.123. The molecule has 2 aromatic rings. The van der Waals surface area contributed by atoms with Crippen LogP contribution in [0, 0.1) is 0 Å². The van der Waals surface area contributed by atoms with Gasteiger partial charge in [-0.2, -0.15) is 0 Å². The van der Waals surface area contributed by atoms with Crippen molar-refractivity contribution >= 4 is 36.2 Å². The lowest BCUT2D eigenvalue weighted by Gasteiger charge is -2.27. The van der Waals surface area contributed by atoms with Crippen molar-refractivity contribution in [1.29, 1.82) is 0 Å². The molecule has 40 heavy (non-hydrogen) atoms. The number of hydrogen-bond donors (Lipinski definition) is 2. The van der Waals surface area contributed by atoms with Crippen LogP contribution in [0.1, 0.15) is 25.0 Å². The molecule has 4 N–H and O–H groups in total. The van der Waals surface area contributed by atoms with Gasteiger partial charge >= 0.3 is 17.9 Å². The van der Waals surface area contributed by atoms with Crippen LogP contribution in [-0.2, 0) is 34.0 Å². The molecule has 2 unspecified atom stereocenters. The standard InChI is InChI=1S/C28H36ClN3O8/c1-28(2,19-4-8-21(9-5-19)36-16-23(12-29)39-26(34)14-31)20-6-10-22(11-7-20)37-17-24(18-38-25(33)13-30)40-27(35)15-32-3/h4-11,23-24H,3,12-18,30-31H2,1-2H3. The molecular weight excluding hydrogens is 542 g/mol. The maximum absolute atomic E-state index is 11.8. The van der Waals surface area contributed by atoms with Crippen LogP contribution in [0.25, 0.3) is 0 Å². The van der Waals surface area contributed by atoms with Gasteiger partial charge in [-0.1, -0.05) is 38.1 Å². The minimum Gasteiger partial charge on any atom is -0.490 e. The molecule has 218 valence electrons. The third-order valence-electron chi connectivity index (χ3n) is 5.80. The Labute approximate surface area is 238 Å². The van der Waals surface area contributed by atoms with E-state index in [2.05, 4.69) is 25.6 Å². The van der Waals surface area contributed by atoms with Crippen LogP contribution in [0.5, 0.6) is 11.5 Å². The second-order valence-electron chi connectivity index (χ2n) is 9.15. The number of aliphatic imine (C=N–C) groups is 1. The molecule has 0 saturated heterocycles. The fourth-order valence-corrected chi connectivity index (χ4v) is 3.65. The molecule has 2 atom stereocenters. The van der Waals surface area contributed by atoms with E-state index >= 15 is 0 Å². The molecule has 0 bridgehead atoms. The maximum Gasteiger partial charge on any atom is 0.328 e. The van der Waals surface area contributed by atoms with Gasteiger partial charge in [-0.25, -0.2) is 0 Å². The normalized spacial score (nSPS) is 12.5. The zero-order chi connectivity index (χ0) is 29.5. The van der Waals surface area contributed by atoms with Gasteiger partial charge in [0.15, 0.2) is 6.10 Å². The third-order valence-corrected chi connectivity index (χ3v) is 6.14. The second-order valence-corrected chi connectivity index (χ2v) is 9.46. The van der Waals surface area contributed by atoms with Crippen molar-refractivity contribution < 1.29 is 38.1 Å². The number of alkyl halides is 1. The minimum absolute atomic E-state index is 0.0407. The van der Waals surface area contributed by atoms with E-state index in [0.717, 1.165) is 11.1 Å². The van der Waals surface area contributed by atoms with Crippen molar-refractivity contribution in [1.82, 2.24) is 0 Å². The molecule has 2 rings (SSSR count). The fraction of sp³-hybridized carbons (Fsp3) is 0.429. The van der Waals surface area contributed by atoms with E-state index in [9.17, 15) is 14.4 Å². The molecule has 0 aromatic heterocycles. The van der Waals surface area contributed by atoms with Crippen LogP contribution in [0.3, 0.4) is 0 Å². The van der Waals surface area contributed by atoms with Crippen molar-refractivity contribution in [3.63, 3.8) is 0 Å².